The molecule has 10 heavy (non-hydrogen) atoms. The van der Waals surface area contributed by atoms with Crippen molar-refractivity contribution in [1.82, 2.24) is 0 Å². The molecule has 2 rings (SSSR count). The van der Waals surface area contributed by atoms with Gasteiger partial charge in [0.25, 0.3) is 0 Å². The average Bonchev–Trinajstić information content (AvgIpc) is 2.74. The summed E-state index contributed by atoms with van der Waals surface area (Å²) in [7, 11) is 0. The summed E-state index contributed by atoms with van der Waals surface area (Å²) >= 11 is 5.31. The Bertz CT molecular complexity index is 99.2. The van der Waals surface area contributed by atoms with Gasteiger partial charge >= 0.3 is 0 Å². The van der Waals surface area contributed by atoms with Crippen molar-refractivity contribution in [2.24, 2.45) is 0 Å². The maximum absolute atomic E-state index is 8.08. The normalized spacial score (nSPS) is 41.7. The number of alkyl halides is 1. The number of epoxide rings is 2. The maximum Gasteiger partial charge on any atom is 0.157 e. The highest BCUT2D eigenvalue weighted by Crippen LogP contribution is 2.23. The molecule has 0 aromatic rings. The summed E-state index contributed by atoms with van der Waals surface area (Å²) in [6.45, 7) is 2.90. The lowest BCUT2D eigenvalue weighted by Gasteiger charge is -1.70. The Hall–Kier alpha value is 0.170. The lowest BCUT2D eigenvalue weighted by Crippen LogP contribution is -1.88. The van der Waals surface area contributed by atoms with Crippen molar-refractivity contribution in [2.75, 3.05) is 13.2 Å². The van der Waals surface area contributed by atoms with E-state index in [0.717, 1.165) is 6.61 Å². The smallest absolute Gasteiger partial charge is 0.157 e. The van der Waals surface area contributed by atoms with Crippen LogP contribution in [0.2, 0.25) is 0 Å². The number of aliphatic hydroxyl groups is 1. The van der Waals surface area contributed by atoms with E-state index in [0.29, 0.717) is 6.10 Å². The maximum atomic E-state index is 8.08. The molecular formula is C6H11ClO3. The molecule has 4 heteroatoms. The fraction of sp³-hybridized carbons (Fsp3) is 1.00. The summed E-state index contributed by atoms with van der Waals surface area (Å²) in [4.78, 5) is 0. The monoisotopic (exact) mass is 166 g/mol. The first-order valence-corrected chi connectivity index (χ1v) is 3.69. The van der Waals surface area contributed by atoms with E-state index in [9.17, 15) is 0 Å². The third-order valence-corrected chi connectivity index (χ3v) is 1.70. The molecule has 0 bridgehead atoms. The van der Waals surface area contributed by atoms with E-state index < -0.39 is 0 Å². The molecule has 3 unspecified atom stereocenters. The van der Waals surface area contributed by atoms with Gasteiger partial charge < -0.3 is 14.6 Å². The van der Waals surface area contributed by atoms with Crippen LogP contribution in [0.1, 0.15) is 6.92 Å². The van der Waals surface area contributed by atoms with Crippen molar-refractivity contribution >= 4 is 11.6 Å². The Morgan fingerprint density at radius 1 is 1.70 bits per heavy atom. The molecule has 3 atom stereocenters. The van der Waals surface area contributed by atoms with Crippen LogP contribution in [-0.4, -0.2) is 36.1 Å². The van der Waals surface area contributed by atoms with Gasteiger partial charge in [-0.15, -0.1) is 0 Å². The average molecular weight is 167 g/mol. The predicted octanol–water partition coefficient (Wildman–Crippen LogP) is 0.347. The summed E-state index contributed by atoms with van der Waals surface area (Å²) in [5.41, 5.74) is 0.0231. The van der Waals surface area contributed by atoms with Gasteiger partial charge in [-0.2, -0.15) is 0 Å². The molecule has 3 nitrogen and oxygen atoms in total. The summed E-state index contributed by atoms with van der Waals surface area (Å²) in [5, 5.41) is 8.08. The minimum atomic E-state index is 0.0231. The van der Waals surface area contributed by atoms with Crippen molar-refractivity contribution in [3.05, 3.63) is 0 Å². The lowest BCUT2D eigenvalue weighted by atomic mass is 10.5. The molecule has 0 aliphatic carbocycles. The number of ether oxygens (including phenoxy) is 2. The van der Waals surface area contributed by atoms with E-state index in [4.69, 9.17) is 16.7 Å². The van der Waals surface area contributed by atoms with Crippen LogP contribution in [0.3, 0.4) is 0 Å². The zero-order valence-electron chi connectivity index (χ0n) is 5.79. The molecule has 1 N–H and O–H groups in total. The van der Waals surface area contributed by atoms with Crippen LogP contribution in [0.25, 0.3) is 0 Å². The standard InChI is InChI=1S/C3H5ClO.C3H6O2/c1-2-3(4)5-2;4-1-3-2-5-3/h2-3H,1H3;3-4H,1-2H2. The van der Waals surface area contributed by atoms with Crippen LogP contribution in [0, 0.1) is 0 Å². The summed E-state index contributed by atoms with van der Waals surface area (Å²) < 4.78 is 9.29. The number of hydrogen-bond acceptors (Lipinski definition) is 3. The van der Waals surface area contributed by atoms with E-state index in [-0.39, 0.29) is 18.3 Å². The second-order valence-corrected chi connectivity index (χ2v) is 2.76. The van der Waals surface area contributed by atoms with Crippen LogP contribution in [0.4, 0.5) is 0 Å². The Morgan fingerprint density at radius 2 is 2.10 bits per heavy atom. The third kappa shape index (κ3) is 3.37. The molecule has 0 amide bonds. The Kier molecular flexibility index (Phi) is 2.92. The van der Waals surface area contributed by atoms with Crippen molar-refractivity contribution in [3.8, 4) is 0 Å². The highest BCUT2D eigenvalue weighted by atomic mass is 35.5. The van der Waals surface area contributed by atoms with E-state index in [1.165, 1.54) is 0 Å². The summed E-state index contributed by atoms with van der Waals surface area (Å²) in [5.74, 6) is 0. The van der Waals surface area contributed by atoms with Gasteiger partial charge in [0.15, 0.2) is 5.56 Å². The Labute approximate surface area is 64.9 Å². The molecule has 2 aliphatic rings. The first kappa shape index (κ1) is 8.27. The molecule has 2 fully saturated rings. The second-order valence-electron chi connectivity index (χ2n) is 2.33. The van der Waals surface area contributed by atoms with Crippen LogP contribution >= 0.6 is 11.6 Å². The molecule has 0 radical (unpaired) electrons. The molecule has 0 aromatic carbocycles. The molecule has 2 heterocycles. The molecular weight excluding hydrogens is 156 g/mol. The minimum absolute atomic E-state index is 0.0231. The highest BCUT2D eigenvalue weighted by Gasteiger charge is 2.30. The van der Waals surface area contributed by atoms with Crippen molar-refractivity contribution in [1.29, 1.82) is 0 Å². The minimum Gasteiger partial charge on any atom is -0.394 e. The van der Waals surface area contributed by atoms with Crippen LogP contribution in [-0.2, 0) is 9.47 Å². The van der Waals surface area contributed by atoms with Gasteiger partial charge in [0.05, 0.1) is 19.3 Å². The zero-order chi connectivity index (χ0) is 7.56. The fourth-order valence-electron chi connectivity index (χ4n) is 0.333. The fourth-order valence-corrected chi connectivity index (χ4v) is 0.495. The van der Waals surface area contributed by atoms with E-state index in [2.05, 4.69) is 9.47 Å². The van der Waals surface area contributed by atoms with Gasteiger partial charge in [0.2, 0.25) is 0 Å². The van der Waals surface area contributed by atoms with Crippen molar-refractivity contribution in [3.63, 3.8) is 0 Å². The van der Waals surface area contributed by atoms with Crippen LogP contribution in [0.5, 0.6) is 0 Å². The topological polar surface area (TPSA) is 45.3 Å². The Morgan fingerprint density at radius 3 is 2.10 bits per heavy atom. The quantitative estimate of drug-likeness (QED) is 0.452. The molecule has 0 spiro atoms. The van der Waals surface area contributed by atoms with E-state index in [1.54, 1.807) is 0 Å². The van der Waals surface area contributed by atoms with E-state index in [1.807, 2.05) is 6.92 Å². The predicted molar refractivity (Wildman–Crippen MR) is 37.0 cm³/mol. The van der Waals surface area contributed by atoms with E-state index >= 15 is 0 Å². The Balaban J connectivity index is 0.0000001000. The lowest BCUT2D eigenvalue weighted by molar-refractivity contribution is 0.244. The highest BCUT2D eigenvalue weighted by molar-refractivity contribution is 6.21. The van der Waals surface area contributed by atoms with Crippen molar-refractivity contribution in [2.45, 2.75) is 24.7 Å². The summed E-state index contributed by atoms with van der Waals surface area (Å²) in [6, 6.07) is 0. The molecule has 0 aromatic heterocycles. The van der Waals surface area contributed by atoms with Crippen LogP contribution in [0.15, 0.2) is 0 Å². The molecule has 0 saturated carbocycles. The number of halogens is 1. The molecule has 2 saturated heterocycles. The summed E-state index contributed by atoms with van der Waals surface area (Å²) in [6.07, 6.45) is 0.506. The van der Waals surface area contributed by atoms with Gasteiger partial charge in [-0.05, 0) is 6.92 Å². The van der Waals surface area contributed by atoms with Gasteiger partial charge in [0, 0.05) is 0 Å². The first-order chi connectivity index (χ1) is 4.74. The SMILES string of the molecule is CC1OC1Cl.OCC1CO1. The number of hydrogen-bond donors (Lipinski definition) is 1. The number of aliphatic hydroxyl groups excluding tert-OH is 1. The number of rotatable bonds is 1. The third-order valence-electron chi connectivity index (χ3n) is 1.24. The van der Waals surface area contributed by atoms with Gasteiger partial charge in [0.1, 0.15) is 6.10 Å². The van der Waals surface area contributed by atoms with Gasteiger partial charge in [-0.1, -0.05) is 11.6 Å². The van der Waals surface area contributed by atoms with Crippen LogP contribution < -0.4 is 0 Å². The van der Waals surface area contributed by atoms with Gasteiger partial charge in [-0.25, -0.2) is 0 Å². The second kappa shape index (κ2) is 3.53. The largest absolute Gasteiger partial charge is 0.394 e. The molecule has 60 valence electrons. The van der Waals surface area contributed by atoms with Gasteiger partial charge in [-0.3, -0.25) is 0 Å². The zero-order valence-corrected chi connectivity index (χ0v) is 6.54. The first-order valence-electron chi connectivity index (χ1n) is 3.26. The van der Waals surface area contributed by atoms with Crippen molar-refractivity contribution < 1.29 is 14.6 Å². The molecule has 2 aliphatic heterocycles.